The van der Waals surface area contributed by atoms with Gasteiger partial charge in [0, 0.05) is 24.3 Å². The van der Waals surface area contributed by atoms with Crippen molar-refractivity contribution in [2.75, 3.05) is 18.4 Å². The van der Waals surface area contributed by atoms with Gasteiger partial charge in [0.05, 0.1) is 9.75 Å². The van der Waals surface area contributed by atoms with Crippen LogP contribution in [-0.4, -0.2) is 35.7 Å². The van der Waals surface area contributed by atoms with Crippen molar-refractivity contribution in [3.05, 3.63) is 51.7 Å². The Balaban J connectivity index is 1.64. The minimum Gasteiger partial charge on any atom is -0.365 e. The molecule has 1 aromatic heterocycles. The molecule has 0 atom stereocenters. The lowest BCUT2D eigenvalue weighted by molar-refractivity contribution is 0.0761. The number of hydrogen-bond acceptors (Lipinski definition) is 4. The van der Waals surface area contributed by atoms with E-state index in [-0.39, 0.29) is 11.8 Å². The summed E-state index contributed by atoms with van der Waals surface area (Å²) in [7, 11) is 0. The van der Waals surface area contributed by atoms with Gasteiger partial charge in [-0.3, -0.25) is 14.4 Å². The van der Waals surface area contributed by atoms with E-state index in [1.54, 1.807) is 30.3 Å². The number of carbonyl (C=O) groups is 3. The average molecular weight is 371 g/mol. The van der Waals surface area contributed by atoms with Crippen molar-refractivity contribution in [3.8, 4) is 0 Å². The summed E-state index contributed by atoms with van der Waals surface area (Å²) in [5, 5.41) is 2.76. The van der Waals surface area contributed by atoms with Crippen molar-refractivity contribution in [1.82, 2.24) is 4.90 Å². The molecule has 0 radical (unpaired) electrons. The first-order chi connectivity index (χ1) is 12.5. The minimum atomic E-state index is -0.551. The average Bonchev–Trinajstić information content (AvgIpc) is 2.99. The van der Waals surface area contributed by atoms with Gasteiger partial charge in [-0.25, -0.2) is 0 Å². The van der Waals surface area contributed by atoms with Gasteiger partial charge in [-0.1, -0.05) is 12.8 Å². The van der Waals surface area contributed by atoms with E-state index in [0.29, 0.717) is 21.0 Å². The summed E-state index contributed by atoms with van der Waals surface area (Å²) in [6, 6.07) is 9.98. The van der Waals surface area contributed by atoms with E-state index in [2.05, 4.69) is 5.32 Å². The molecular formula is C19H21N3O3S. The fourth-order valence-corrected chi connectivity index (χ4v) is 3.69. The molecule has 3 rings (SSSR count). The van der Waals surface area contributed by atoms with Crippen molar-refractivity contribution in [2.45, 2.75) is 25.7 Å². The van der Waals surface area contributed by atoms with E-state index in [0.717, 1.165) is 37.3 Å². The zero-order valence-electron chi connectivity index (χ0n) is 14.4. The highest BCUT2D eigenvalue weighted by atomic mass is 32.1. The summed E-state index contributed by atoms with van der Waals surface area (Å²) in [6.07, 6.45) is 4.45. The number of amides is 3. The smallest absolute Gasteiger partial charge is 0.265 e. The summed E-state index contributed by atoms with van der Waals surface area (Å²) in [4.78, 5) is 38.6. The fourth-order valence-electron chi connectivity index (χ4n) is 2.94. The van der Waals surface area contributed by atoms with E-state index < -0.39 is 5.91 Å². The SMILES string of the molecule is NC(=O)c1ccc(C(=O)Nc2ccc(C(=O)N3CCCCCC3)cc2)s1. The molecule has 1 fully saturated rings. The molecule has 2 heterocycles. The molecule has 0 unspecified atom stereocenters. The van der Waals surface area contributed by atoms with Crippen LogP contribution in [0.3, 0.4) is 0 Å². The van der Waals surface area contributed by atoms with Gasteiger partial charge in [0.15, 0.2) is 0 Å². The predicted molar refractivity (Wildman–Crippen MR) is 102 cm³/mol. The van der Waals surface area contributed by atoms with E-state index >= 15 is 0 Å². The Hall–Kier alpha value is -2.67. The van der Waals surface area contributed by atoms with Crippen LogP contribution in [0, 0.1) is 0 Å². The number of primary amides is 1. The maximum Gasteiger partial charge on any atom is 0.265 e. The minimum absolute atomic E-state index is 0.0362. The fraction of sp³-hybridized carbons (Fsp3) is 0.316. The Morgan fingerprint density at radius 1 is 0.885 bits per heavy atom. The van der Waals surface area contributed by atoms with Crippen LogP contribution in [0.4, 0.5) is 5.69 Å². The van der Waals surface area contributed by atoms with Crippen molar-refractivity contribution in [2.24, 2.45) is 5.73 Å². The Morgan fingerprint density at radius 3 is 2.08 bits per heavy atom. The maximum atomic E-state index is 12.6. The van der Waals surface area contributed by atoms with Crippen LogP contribution < -0.4 is 11.1 Å². The summed E-state index contributed by atoms with van der Waals surface area (Å²) in [5.74, 6) is -0.825. The van der Waals surface area contributed by atoms with Gasteiger partial charge >= 0.3 is 0 Å². The first-order valence-corrected chi connectivity index (χ1v) is 9.46. The maximum absolute atomic E-state index is 12.6. The number of nitrogens with zero attached hydrogens (tertiary/aromatic N) is 1. The molecule has 0 saturated carbocycles. The first kappa shape index (κ1) is 18.1. The van der Waals surface area contributed by atoms with Crippen molar-refractivity contribution in [1.29, 1.82) is 0 Å². The standard InChI is InChI=1S/C19H21N3O3S/c20-17(23)15-9-10-16(26-15)18(24)21-14-7-5-13(6-8-14)19(25)22-11-3-1-2-4-12-22/h5-10H,1-4,11-12H2,(H2,20,23)(H,21,24). The largest absolute Gasteiger partial charge is 0.365 e. The van der Waals surface area contributed by atoms with Gasteiger partial charge in [0.1, 0.15) is 0 Å². The highest BCUT2D eigenvalue weighted by Crippen LogP contribution is 2.19. The molecule has 1 aliphatic heterocycles. The van der Waals surface area contributed by atoms with E-state index in [4.69, 9.17) is 5.73 Å². The van der Waals surface area contributed by atoms with Crippen LogP contribution in [0.2, 0.25) is 0 Å². The second kappa shape index (κ2) is 8.14. The summed E-state index contributed by atoms with van der Waals surface area (Å²) in [6.45, 7) is 1.61. The molecule has 1 aromatic carbocycles. The van der Waals surface area contributed by atoms with Crippen LogP contribution in [0.15, 0.2) is 36.4 Å². The lowest BCUT2D eigenvalue weighted by atomic mass is 10.1. The van der Waals surface area contributed by atoms with Crippen molar-refractivity contribution in [3.63, 3.8) is 0 Å². The molecule has 0 aliphatic carbocycles. The number of nitrogens with one attached hydrogen (secondary N) is 1. The molecular weight excluding hydrogens is 350 g/mol. The third-order valence-electron chi connectivity index (χ3n) is 4.36. The molecule has 1 aliphatic rings. The van der Waals surface area contributed by atoms with Gasteiger partial charge in [0.25, 0.3) is 17.7 Å². The van der Waals surface area contributed by atoms with Gasteiger partial charge < -0.3 is 16.0 Å². The zero-order valence-corrected chi connectivity index (χ0v) is 15.2. The van der Waals surface area contributed by atoms with Crippen LogP contribution in [-0.2, 0) is 0 Å². The van der Waals surface area contributed by atoms with E-state index in [1.165, 1.54) is 18.9 Å². The number of thiophene rings is 1. The zero-order chi connectivity index (χ0) is 18.5. The normalized spacial score (nSPS) is 14.5. The number of likely N-dealkylation sites (tertiary alicyclic amines) is 1. The molecule has 136 valence electrons. The van der Waals surface area contributed by atoms with Gasteiger partial charge in [0.2, 0.25) is 0 Å². The Bertz CT molecular complexity index is 806. The first-order valence-electron chi connectivity index (χ1n) is 8.65. The number of anilines is 1. The number of hydrogen-bond donors (Lipinski definition) is 2. The van der Waals surface area contributed by atoms with Crippen LogP contribution in [0.1, 0.15) is 55.4 Å². The van der Waals surface area contributed by atoms with Crippen LogP contribution in [0.25, 0.3) is 0 Å². The van der Waals surface area contributed by atoms with Gasteiger partial charge in [-0.15, -0.1) is 11.3 Å². The third-order valence-corrected chi connectivity index (χ3v) is 5.45. The lowest BCUT2D eigenvalue weighted by Gasteiger charge is -2.20. The second-order valence-electron chi connectivity index (χ2n) is 6.27. The van der Waals surface area contributed by atoms with Crippen molar-refractivity contribution < 1.29 is 14.4 Å². The van der Waals surface area contributed by atoms with E-state index in [1.807, 2.05) is 4.90 Å². The molecule has 0 bridgehead atoms. The van der Waals surface area contributed by atoms with Gasteiger partial charge in [-0.05, 0) is 49.2 Å². The molecule has 0 spiro atoms. The Labute approximate surface area is 156 Å². The summed E-state index contributed by atoms with van der Waals surface area (Å²) in [5.41, 5.74) is 6.42. The molecule has 2 aromatic rings. The Morgan fingerprint density at radius 2 is 1.50 bits per heavy atom. The second-order valence-corrected chi connectivity index (χ2v) is 7.35. The molecule has 3 amide bonds. The monoisotopic (exact) mass is 371 g/mol. The topological polar surface area (TPSA) is 92.5 Å². The van der Waals surface area contributed by atoms with Crippen molar-refractivity contribution >= 4 is 34.7 Å². The quantitative estimate of drug-likeness (QED) is 0.865. The van der Waals surface area contributed by atoms with Gasteiger partial charge in [-0.2, -0.15) is 0 Å². The number of benzene rings is 1. The van der Waals surface area contributed by atoms with Crippen LogP contribution in [0.5, 0.6) is 0 Å². The third kappa shape index (κ3) is 4.29. The highest BCUT2D eigenvalue weighted by molar-refractivity contribution is 7.16. The lowest BCUT2D eigenvalue weighted by Crippen LogP contribution is -2.31. The highest BCUT2D eigenvalue weighted by Gasteiger charge is 2.17. The van der Waals surface area contributed by atoms with E-state index in [9.17, 15) is 14.4 Å². The summed E-state index contributed by atoms with van der Waals surface area (Å²) >= 11 is 1.05. The molecule has 26 heavy (non-hydrogen) atoms. The molecule has 1 saturated heterocycles. The van der Waals surface area contributed by atoms with Crippen LogP contribution >= 0.6 is 11.3 Å². The summed E-state index contributed by atoms with van der Waals surface area (Å²) < 4.78 is 0. The predicted octanol–water partition coefficient (Wildman–Crippen LogP) is 3.12. The molecule has 6 nitrogen and oxygen atoms in total. The number of rotatable bonds is 4. The molecule has 3 N–H and O–H groups in total. The Kier molecular flexibility index (Phi) is 5.68. The molecule has 7 heteroatoms. The number of nitrogens with two attached hydrogens (primary N) is 1. The number of carbonyl (C=O) groups excluding carboxylic acids is 3.